The first-order valence-electron chi connectivity index (χ1n) is 6.39. The van der Waals surface area contributed by atoms with Gasteiger partial charge in [-0.2, -0.15) is 0 Å². The molecule has 1 rings (SSSR count). The second-order valence-electron chi connectivity index (χ2n) is 5.42. The summed E-state index contributed by atoms with van der Waals surface area (Å²) in [5.74, 6) is 0. The van der Waals surface area contributed by atoms with Crippen molar-refractivity contribution in [1.82, 2.24) is 10.3 Å². The van der Waals surface area contributed by atoms with Gasteiger partial charge in [-0.25, -0.2) is 0 Å². The largest absolute Gasteiger partial charge is 0.328 e. The van der Waals surface area contributed by atoms with Crippen LogP contribution in [-0.4, -0.2) is 24.1 Å². The van der Waals surface area contributed by atoms with Crippen LogP contribution < -0.4 is 11.1 Å². The van der Waals surface area contributed by atoms with Crippen molar-refractivity contribution in [3.63, 3.8) is 0 Å². The molecule has 0 aliphatic carbocycles. The van der Waals surface area contributed by atoms with E-state index in [0.29, 0.717) is 6.04 Å². The van der Waals surface area contributed by atoms with Crippen LogP contribution in [0.4, 0.5) is 0 Å². The zero-order valence-corrected chi connectivity index (χ0v) is 11.2. The number of nitrogens with two attached hydrogens (primary N) is 1. The van der Waals surface area contributed by atoms with Gasteiger partial charge in [-0.3, -0.25) is 4.98 Å². The van der Waals surface area contributed by atoms with Gasteiger partial charge in [-0.05, 0) is 44.0 Å². The van der Waals surface area contributed by atoms with E-state index in [2.05, 4.69) is 43.2 Å². The molecule has 0 spiro atoms. The molecule has 1 unspecified atom stereocenters. The van der Waals surface area contributed by atoms with Gasteiger partial charge in [0.15, 0.2) is 0 Å². The number of rotatable bonds is 7. The SMILES string of the molecule is CC(N)CCCNCC(C)(C)c1ccncc1. The third kappa shape index (κ3) is 5.29. The van der Waals surface area contributed by atoms with Crippen LogP contribution >= 0.6 is 0 Å². The molecule has 1 atom stereocenters. The van der Waals surface area contributed by atoms with Gasteiger partial charge in [0.05, 0.1) is 0 Å². The smallest absolute Gasteiger partial charge is 0.0270 e. The molecule has 0 radical (unpaired) electrons. The minimum atomic E-state index is 0.150. The predicted octanol–water partition coefficient (Wildman–Crippen LogP) is 2.08. The third-order valence-electron chi connectivity index (χ3n) is 3.04. The van der Waals surface area contributed by atoms with E-state index in [1.165, 1.54) is 5.56 Å². The van der Waals surface area contributed by atoms with Crippen molar-refractivity contribution in [2.45, 2.75) is 45.1 Å². The van der Waals surface area contributed by atoms with Crippen molar-refractivity contribution in [2.75, 3.05) is 13.1 Å². The van der Waals surface area contributed by atoms with Crippen molar-refractivity contribution in [3.8, 4) is 0 Å². The van der Waals surface area contributed by atoms with Crippen LogP contribution in [0.25, 0.3) is 0 Å². The fraction of sp³-hybridized carbons (Fsp3) is 0.643. The Kier molecular flexibility index (Phi) is 5.59. The van der Waals surface area contributed by atoms with Gasteiger partial charge in [-0.1, -0.05) is 13.8 Å². The molecule has 1 aromatic rings. The number of aromatic nitrogens is 1. The van der Waals surface area contributed by atoms with Crippen molar-refractivity contribution >= 4 is 0 Å². The van der Waals surface area contributed by atoms with Crippen LogP contribution in [0.5, 0.6) is 0 Å². The molecule has 0 amide bonds. The lowest BCUT2D eigenvalue weighted by Gasteiger charge is -2.25. The summed E-state index contributed by atoms with van der Waals surface area (Å²) in [5, 5.41) is 3.50. The minimum absolute atomic E-state index is 0.150. The maximum Gasteiger partial charge on any atom is 0.0270 e. The van der Waals surface area contributed by atoms with E-state index in [0.717, 1.165) is 25.9 Å². The molecule has 3 heteroatoms. The highest BCUT2D eigenvalue weighted by molar-refractivity contribution is 5.20. The fourth-order valence-electron chi connectivity index (χ4n) is 1.86. The van der Waals surface area contributed by atoms with Gasteiger partial charge in [-0.15, -0.1) is 0 Å². The second kappa shape index (κ2) is 6.72. The molecule has 0 aliphatic rings. The number of pyridine rings is 1. The lowest BCUT2D eigenvalue weighted by molar-refractivity contribution is 0.458. The van der Waals surface area contributed by atoms with Crippen LogP contribution in [0.3, 0.4) is 0 Å². The van der Waals surface area contributed by atoms with E-state index in [1.54, 1.807) is 0 Å². The maximum absolute atomic E-state index is 5.72. The zero-order valence-electron chi connectivity index (χ0n) is 11.2. The summed E-state index contributed by atoms with van der Waals surface area (Å²) in [5.41, 5.74) is 7.19. The van der Waals surface area contributed by atoms with Gasteiger partial charge in [0.25, 0.3) is 0 Å². The monoisotopic (exact) mass is 235 g/mol. The van der Waals surface area contributed by atoms with Gasteiger partial charge >= 0.3 is 0 Å². The summed E-state index contributed by atoms with van der Waals surface area (Å²) < 4.78 is 0. The van der Waals surface area contributed by atoms with E-state index in [9.17, 15) is 0 Å². The molecule has 1 aromatic heterocycles. The summed E-state index contributed by atoms with van der Waals surface area (Å²) in [4.78, 5) is 4.05. The normalized spacial score (nSPS) is 13.6. The fourth-order valence-corrected chi connectivity index (χ4v) is 1.86. The Labute approximate surface area is 105 Å². The van der Waals surface area contributed by atoms with Gasteiger partial charge < -0.3 is 11.1 Å². The Bertz CT molecular complexity index is 307. The molecule has 0 saturated heterocycles. The van der Waals surface area contributed by atoms with Crippen LogP contribution in [0.15, 0.2) is 24.5 Å². The predicted molar refractivity (Wildman–Crippen MR) is 73.0 cm³/mol. The first kappa shape index (κ1) is 14.1. The Morgan fingerprint density at radius 1 is 1.35 bits per heavy atom. The Morgan fingerprint density at radius 3 is 2.59 bits per heavy atom. The molecule has 3 N–H and O–H groups in total. The number of nitrogens with zero attached hydrogens (tertiary/aromatic N) is 1. The van der Waals surface area contributed by atoms with Crippen molar-refractivity contribution < 1.29 is 0 Å². The molecule has 0 aromatic carbocycles. The van der Waals surface area contributed by atoms with Crippen LogP contribution in [-0.2, 0) is 5.41 Å². The van der Waals surface area contributed by atoms with Crippen molar-refractivity contribution in [1.29, 1.82) is 0 Å². The summed E-state index contributed by atoms with van der Waals surface area (Å²) in [6.07, 6.45) is 5.94. The zero-order chi connectivity index (χ0) is 12.7. The molecular weight excluding hydrogens is 210 g/mol. The van der Waals surface area contributed by atoms with Crippen LogP contribution in [0.2, 0.25) is 0 Å². The number of nitrogens with one attached hydrogen (secondary N) is 1. The topological polar surface area (TPSA) is 50.9 Å². The number of hydrogen-bond donors (Lipinski definition) is 2. The van der Waals surface area contributed by atoms with Gasteiger partial charge in [0.2, 0.25) is 0 Å². The van der Waals surface area contributed by atoms with E-state index >= 15 is 0 Å². The van der Waals surface area contributed by atoms with E-state index in [4.69, 9.17) is 5.73 Å². The average Bonchev–Trinajstić information content (AvgIpc) is 2.29. The van der Waals surface area contributed by atoms with E-state index in [1.807, 2.05) is 12.4 Å². The summed E-state index contributed by atoms with van der Waals surface area (Å²) in [6.45, 7) is 8.58. The molecule has 17 heavy (non-hydrogen) atoms. The standard InChI is InChI=1S/C14H25N3/c1-12(15)5-4-8-17-11-14(2,3)13-6-9-16-10-7-13/h6-7,9-10,12,17H,4-5,8,11,15H2,1-3H3. The highest BCUT2D eigenvalue weighted by atomic mass is 14.9. The highest BCUT2D eigenvalue weighted by Crippen LogP contribution is 2.20. The lowest BCUT2D eigenvalue weighted by atomic mass is 9.85. The highest BCUT2D eigenvalue weighted by Gasteiger charge is 2.19. The summed E-state index contributed by atoms with van der Waals surface area (Å²) >= 11 is 0. The molecule has 96 valence electrons. The lowest BCUT2D eigenvalue weighted by Crippen LogP contribution is -2.33. The van der Waals surface area contributed by atoms with Crippen LogP contribution in [0, 0.1) is 0 Å². The van der Waals surface area contributed by atoms with E-state index < -0.39 is 0 Å². The van der Waals surface area contributed by atoms with Gasteiger partial charge in [0, 0.05) is 30.4 Å². The molecule has 1 heterocycles. The summed E-state index contributed by atoms with van der Waals surface area (Å²) in [6, 6.07) is 4.48. The minimum Gasteiger partial charge on any atom is -0.328 e. The quantitative estimate of drug-likeness (QED) is 0.711. The summed E-state index contributed by atoms with van der Waals surface area (Å²) in [7, 11) is 0. The Balaban J connectivity index is 2.30. The molecule has 0 bridgehead atoms. The molecule has 0 aliphatic heterocycles. The maximum atomic E-state index is 5.72. The number of hydrogen-bond acceptors (Lipinski definition) is 3. The van der Waals surface area contributed by atoms with Crippen LogP contribution in [0.1, 0.15) is 39.2 Å². The molecular formula is C14H25N3. The Hall–Kier alpha value is -0.930. The van der Waals surface area contributed by atoms with Gasteiger partial charge in [0.1, 0.15) is 0 Å². The third-order valence-corrected chi connectivity index (χ3v) is 3.04. The van der Waals surface area contributed by atoms with Crippen molar-refractivity contribution in [3.05, 3.63) is 30.1 Å². The van der Waals surface area contributed by atoms with E-state index in [-0.39, 0.29) is 5.41 Å². The molecule has 0 fully saturated rings. The average molecular weight is 235 g/mol. The first-order valence-corrected chi connectivity index (χ1v) is 6.39. The molecule has 3 nitrogen and oxygen atoms in total. The second-order valence-corrected chi connectivity index (χ2v) is 5.42. The van der Waals surface area contributed by atoms with Crippen molar-refractivity contribution in [2.24, 2.45) is 5.73 Å². The Morgan fingerprint density at radius 2 is 2.00 bits per heavy atom. The first-order chi connectivity index (χ1) is 8.02. The molecule has 0 saturated carbocycles.